The SMILES string of the molecule is CCCCN(C)C(=O)/C=C/c1ccccc1OC(F)F. The minimum Gasteiger partial charge on any atom is -0.434 e. The van der Waals surface area contributed by atoms with Crippen LogP contribution in [0.15, 0.2) is 30.3 Å². The predicted molar refractivity (Wildman–Crippen MR) is 74.7 cm³/mol. The standard InChI is InChI=1S/C15H19F2NO2/c1-3-4-11-18(2)14(19)10-9-12-7-5-6-8-13(12)20-15(16)17/h5-10,15H,3-4,11H2,1-2H3/b10-9+. The Kier molecular flexibility index (Phi) is 6.70. The van der Waals surface area contributed by atoms with Crippen LogP contribution < -0.4 is 4.74 Å². The number of halogens is 2. The van der Waals surface area contributed by atoms with Crippen LogP contribution in [0.4, 0.5) is 8.78 Å². The number of alkyl halides is 2. The van der Waals surface area contributed by atoms with Crippen molar-refractivity contribution in [3.8, 4) is 5.75 Å². The van der Waals surface area contributed by atoms with Gasteiger partial charge in [-0.1, -0.05) is 31.5 Å². The van der Waals surface area contributed by atoms with Crippen LogP contribution in [-0.2, 0) is 4.79 Å². The van der Waals surface area contributed by atoms with Crippen LogP contribution in [0, 0.1) is 0 Å². The molecule has 0 unspecified atom stereocenters. The first-order chi connectivity index (χ1) is 9.54. The number of rotatable bonds is 7. The fourth-order valence-electron chi connectivity index (χ4n) is 1.62. The van der Waals surface area contributed by atoms with Crippen molar-refractivity contribution in [2.45, 2.75) is 26.4 Å². The molecular formula is C15H19F2NO2. The predicted octanol–water partition coefficient (Wildman–Crippen LogP) is 3.56. The van der Waals surface area contributed by atoms with Crippen LogP contribution in [-0.4, -0.2) is 31.0 Å². The Balaban J connectivity index is 2.72. The number of likely N-dealkylation sites (N-methyl/N-ethyl adjacent to an activating group) is 1. The van der Waals surface area contributed by atoms with E-state index in [9.17, 15) is 13.6 Å². The molecule has 1 aromatic rings. The maximum Gasteiger partial charge on any atom is 0.387 e. The lowest BCUT2D eigenvalue weighted by Gasteiger charge is -2.14. The van der Waals surface area contributed by atoms with E-state index in [4.69, 9.17) is 0 Å². The lowest BCUT2D eigenvalue weighted by Crippen LogP contribution is -2.25. The van der Waals surface area contributed by atoms with Gasteiger partial charge in [0.25, 0.3) is 0 Å². The van der Waals surface area contributed by atoms with Crippen molar-refractivity contribution >= 4 is 12.0 Å². The number of nitrogens with zero attached hydrogens (tertiary/aromatic N) is 1. The van der Waals surface area contributed by atoms with Crippen LogP contribution in [0.25, 0.3) is 6.08 Å². The number of para-hydroxylation sites is 1. The van der Waals surface area contributed by atoms with E-state index >= 15 is 0 Å². The Hall–Kier alpha value is -1.91. The molecule has 20 heavy (non-hydrogen) atoms. The first-order valence-electron chi connectivity index (χ1n) is 6.51. The molecule has 1 rings (SSSR count). The number of carbonyl (C=O) groups is 1. The number of unbranched alkanes of at least 4 members (excludes halogenated alkanes) is 1. The van der Waals surface area contributed by atoms with E-state index in [1.54, 1.807) is 30.1 Å². The van der Waals surface area contributed by atoms with E-state index in [1.165, 1.54) is 18.2 Å². The molecule has 0 aliphatic rings. The summed E-state index contributed by atoms with van der Waals surface area (Å²) < 4.78 is 28.9. The molecule has 0 aromatic heterocycles. The van der Waals surface area contributed by atoms with Gasteiger partial charge < -0.3 is 9.64 Å². The average Bonchev–Trinajstić information content (AvgIpc) is 2.42. The van der Waals surface area contributed by atoms with Gasteiger partial charge in [0.05, 0.1) is 0 Å². The zero-order chi connectivity index (χ0) is 15.0. The van der Waals surface area contributed by atoms with Gasteiger partial charge >= 0.3 is 6.61 Å². The van der Waals surface area contributed by atoms with E-state index in [0.717, 1.165) is 12.8 Å². The number of hydrogen-bond acceptors (Lipinski definition) is 2. The molecule has 0 saturated carbocycles. The van der Waals surface area contributed by atoms with Gasteiger partial charge in [0, 0.05) is 25.2 Å². The minimum absolute atomic E-state index is 0.0581. The molecule has 3 nitrogen and oxygen atoms in total. The second-order valence-corrected chi connectivity index (χ2v) is 4.36. The third-order valence-electron chi connectivity index (χ3n) is 2.76. The smallest absolute Gasteiger partial charge is 0.387 e. The summed E-state index contributed by atoms with van der Waals surface area (Å²) in [4.78, 5) is 13.4. The van der Waals surface area contributed by atoms with Gasteiger partial charge in [-0.05, 0) is 18.6 Å². The molecule has 0 fully saturated rings. The van der Waals surface area contributed by atoms with E-state index in [-0.39, 0.29) is 11.7 Å². The summed E-state index contributed by atoms with van der Waals surface area (Å²) in [6.07, 6.45) is 4.79. The third kappa shape index (κ3) is 5.38. The Morgan fingerprint density at radius 1 is 1.40 bits per heavy atom. The van der Waals surface area contributed by atoms with Crippen molar-refractivity contribution < 1.29 is 18.3 Å². The summed E-state index contributed by atoms with van der Waals surface area (Å²) in [6, 6.07) is 6.36. The van der Waals surface area contributed by atoms with E-state index < -0.39 is 6.61 Å². The van der Waals surface area contributed by atoms with Gasteiger partial charge in [-0.25, -0.2) is 0 Å². The van der Waals surface area contributed by atoms with Crippen LogP contribution in [0.5, 0.6) is 5.75 Å². The molecule has 0 N–H and O–H groups in total. The minimum atomic E-state index is -2.88. The molecule has 1 aromatic carbocycles. The van der Waals surface area contributed by atoms with E-state index in [0.29, 0.717) is 12.1 Å². The molecule has 5 heteroatoms. The largest absolute Gasteiger partial charge is 0.434 e. The van der Waals surface area contributed by atoms with E-state index in [2.05, 4.69) is 4.74 Å². The molecule has 110 valence electrons. The molecule has 0 bridgehead atoms. The maximum atomic E-state index is 12.2. The third-order valence-corrected chi connectivity index (χ3v) is 2.76. The molecule has 0 heterocycles. The van der Waals surface area contributed by atoms with Crippen molar-refractivity contribution in [3.05, 3.63) is 35.9 Å². The fraction of sp³-hybridized carbons (Fsp3) is 0.400. The average molecular weight is 283 g/mol. The number of carbonyl (C=O) groups excluding carboxylic acids is 1. The van der Waals surface area contributed by atoms with Gasteiger partial charge in [0.1, 0.15) is 5.75 Å². The van der Waals surface area contributed by atoms with Crippen LogP contribution in [0.1, 0.15) is 25.3 Å². The zero-order valence-corrected chi connectivity index (χ0v) is 11.7. The van der Waals surface area contributed by atoms with Crippen LogP contribution >= 0.6 is 0 Å². The van der Waals surface area contributed by atoms with Gasteiger partial charge in [0.2, 0.25) is 5.91 Å². The molecule has 0 saturated heterocycles. The molecule has 0 aliphatic carbocycles. The molecule has 0 radical (unpaired) electrons. The quantitative estimate of drug-likeness (QED) is 0.716. The van der Waals surface area contributed by atoms with Crippen molar-refractivity contribution in [2.75, 3.05) is 13.6 Å². The number of hydrogen-bond donors (Lipinski definition) is 0. The highest BCUT2D eigenvalue weighted by molar-refractivity contribution is 5.91. The monoisotopic (exact) mass is 283 g/mol. The van der Waals surface area contributed by atoms with E-state index in [1.807, 2.05) is 6.92 Å². The summed E-state index contributed by atoms with van der Waals surface area (Å²) in [5.41, 5.74) is 0.449. The Morgan fingerprint density at radius 2 is 2.10 bits per heavy atom. The summed E-state index contributed by atoms with van der Waals surface area (Å²) in [5, 5.41) is 0. The molecule has 0 aliphatic heterocycles. The number of amides is 1. The Morgan fingerprint density at radius 3 is 2.75 bits per heavy atom. The number of benzene rings is 1. The van der Waals surface area contributed by atoms with Gasteiger partial charge in [-0.15, -0.1) is 0 Å². The zero-order valence-electron chi connectivity index (χ0n) is 11.7. The summed E-state index contributed by atoms with van der Waals surface area (Å²) in [6.45, 7) is -0.159. The van der Waals surface area contributed by atoms with Crippen molar-refractivity contribution in [1.82, 2.24) is 4.90 Å². The topological polar surface area (TPSA) is 29.5 Å². The van der Waals surface area contributed by atoms with Crippen LogP contribution in [0.2, 0.25) is 0 Å². The second-order valence-electron chi connectivity index (χ2n) is 4.36. The summed E-state index contributed by atoms with van der Waals surface area (Å²) >= 11 is 0. The normalized spacial score (nSPS) is 11.1. The Labute approximate surface area is 117 Å². The molecule has 1 amide bonds. The summed E-state index contributed by atoms with van der Waals surface area (Å²) in [5.74, 6) is -0.104. The maximum absolute atomic E-state index is 12.2. The second kappa shape index (κ2) is 8.30. The highest BCUT2D eigenvalue weighted by Gasteiger charge is 2.08. The Bertz CT molecular complexity index is 461. The van der Waals surface area contributed by atoms with Gasteiger partial charge in [-0.3, -0.25) is 4.79 Å². The van der Waals surface area contributed by atoms with Crippen molar-refractivity contribution in [2.24, 2.45) is 0 Å². The fourth-order valence-corrected chi connectivity index (χ4v) is 1.62. The summed E-state index contributed by atoms with van der Waals surface area (Å²) in [7, 11) is 1.71. The number of ether oxygens (including phenoxy) is 1. The highest BCUT2D eigenvalue weighted by atomic mass is 19.3. The van der Waals surface area contributed by atoms with Gasteiger partial charge in [-0.2, -0.15) is 8.78 Å². The molecule has 0 spiro atoms. The molecular weight excluding hydrogens is 264 g/mol. The van der Waals surface area contributed by atoms with Crippen molar-refractivity contribution in [3.63, 3.8) is 0 Å². The molecule has 0 atom stereocenters. The lowest BCUT2D eigenvalue weighted by atomic mass is 10.2. The first kappa shape index (κ1) is 16.1. The lowest BCUT2D eigenvalue weighted by molar-refractivity contribution is -0.124. The van der Waals surface area contributed by atoms with Crippen molar-refractivity contribution in [1.29, 1.82) is 0 Å². The van der Waals surface area contributed by atoms with Gasteiger partial charge in [0.15, 0.2) is 0 Å². The first-order valence-corrected chi connectivity index (χ1v) is 6.51. The highest BCUT2D eigenvalue weighted by Crippen LogP contribution is 2.21. The van der Waals surface area contributed by atoms with Crippen LogP contribution in [0.3, 0.4) is 0 Å².